The molecule has 0 spiro atoms. The van der Waals surface area contributed by atoms with Crippen molar-refractivity contribution in [1.29, 1.82) is 5.26 Å². The smallest absolute Gasteiger partial charge is 0.140 e. The second-order valence-electron chi connectivity index (χ2n) is 4.16. The Morgan fingerprint density at radius 1 is 1.11 bits per heavy atom. The minimum atomic E-state index is -0.485. The molecule has 19 heavy (non-hydrogen) atoms. The maximum absolute atomic E-state index is 13.1. The second kappa shape index (κ2) is 6.33. The van der Waals surface area contributed by atoms with Crippen LogP contribution in [0.4, 0.5) is 4.39 Å². The quantitative estimate of drug-likeness (QED) is 0.924. The summed E-state index contributed by atoms with van der Waals surface area (Å²) < 4.78 is 13.1. The molecule has 0 atom stereocenters. The molecule has 2 aromatic rings. The Morgan fingerprint density at radius 2 is 1.84 bits per heavy atom. The van der Waals surface area contributed by atoms with Gasteiger partial charge in [0.2, 0.25) is 0 Å². The summed E-state index contributed by atoms with van der Waals surface area (Å²) in [6.45, 7) is 1.24. The number of halogens is 2. The normalized spacial score (nSPS) is 10.2. The zero-order chi connectivity index (χ0) is 13.7. The molecule has 0 aromatic heterocycles. The Kier molecular flexibility index (Phi) is 4.51. The van der Waals surface area contributed by atoms with Gasteiger partial charge in [-0.2, -0.15) is 5.26 Å². The van der Waals surface area contributed by atoms with Crippen LogP contribution in [0.2, 0.25) is 5.02 Å². The van der Waals surface area contributed by atoms with Crippen LogP contribution in [0.1, 0.15) is 16.7 Å². The first-order valence-corrected chi connectivity index (χ1v) is 6.20. The van der Waals surface area contributed by atoms with Crippen LogP contribution in [0.3, 0.4) is 0 Å². The monoisotopic (exact) mass is 274 g/mol. The number of benzene rings is 2. The molecule has 2 nitrogen and oxygen atoms in total. The van der Waals surface area contributed by atoms with Crippen molar-refractivity contribution in [3.05, 3.63) is 70.0 Å². The first kappa shape index (κ1) is 13.5. The minimum Gasteiger partial charge on any atom is -0.309 e. The van der Waals surface area contributed by atoms with Gasteiger partial charge >= 0.3 is 0 Å². The van der Waals surface area contributed by atoms with Crippen LogP contribution in [-0.2, 0) is 13.1 Å². The van der Waals surface area contributed by atoms with Crippen LogP contribution in [0, 0.1) is 17.1 Å². The fraction of sp³-hybridized carbons (Fsp3) is 0.133. The van der Waals surface area contributed by atoms with E-state index in [1.807, 2.05) is 30.3 Å². The Morgan fingerprint density at radius 3 is 2.53 bits per heavy atom. The standard InChI is InChI=1S/C15H12ClFN2/c16-14-3-1-2-11(7-14)9-19-10-12-4-5-15(17)13(6-12)8-18/h1-7,19H,9-10H2. The van der Waals surface area contributed by atoms with Gasteiger partial charge < -0.3 is 5.32 Å². The molecular formula is C15H12ClFN2. The summed E-state index contributed by atoms with van der Waals surface area (Å²) in [7, 11) is 0. The summed E-state index contributed by atoms with van der Waals surface area (Å²) in [5, 5.41) is 12.7. The van der Waals surface area contributed by atoms with E-state index in [1.165, 1.54) is 6.07 Å². The van der Waals surface area contributed by atoms with Crippen molar-refractivity contribution in [3.8, 4) is 6.07 Å². The Balaban J connectivity index is 1.95. The van der Waals surface area contributed by atoms with Crippen LogP contribution in [0.15, 0.2) is 42.5 Å². The third-order valence-electron chi connectivity index (χ3n) is 2.70. The van der Waals surface area contributed by atoms with Gasteiger partial charge in [0.1, 0.15) is 11.9 Å². The number of hydrogen-bond donors (Lipinski definition) is 1. The van der Waals surface area contributed by atoms with Crippen molar-refractivity contribution >= 4 is 11.6 Å². The van der Waals surface area contributed by atoms with Gasteiger partial charge in [-0.15, -0.1) is 0 Å². The van der Waals surface area contributed by atoms with Crippen molar-refractivity contribution in [2.45, 2.75) is 13.1 Å². The largest absolute Gasteiger partial charge is 0.309 e. The number of nitrogens with zero attached hydrogens (tertiary/aromatic N) is 1. The first-order chi connectivity index (χ1) is 9.19. The highest BCUT2D eigenvalue weighted by Crippen LogP contribution is 2.12. The van der Waals surface area contributed by atoms with Crippen LogP contribution >= 0.6 is 11.6 Å². The molecule has 4 heteroatoms. The molecule has 0 heterocycles. The highest BCUT2D eigenvalue weighted by atomic mass is 35.5. The van der Waals surface area contributed by atoms with Crippen molar-refractivity contribution in [3.63, 3.8) is 0 Å². The third kappa shape index (κ3) is 3.78. The van der Waals surface area contributed by atoms with Crippen molar-refractivity contribution in [2.75, 3.05) is 0 Å². The lowest BCUT2D eigenvalue weighted by Gasteiger charge is -2.06. The van der Waals surface area contributed by atoms with Gasteiger partial charge in [0, 0.05) is 18.1 Å². The van der Waals surface area contributed by atoms with Gasteiger partial charge in [-0.3, -0.25) is 0 Å². The molecular weight excluding hydrogens is 263 g/mol. The number of rotatable bonds is 4. The lowest BCUT2D eigenvalue weighted by atomic mass is 10.1. The van der Waals surface area contributed by atoms with Gasteiger partial charge in [-0.05, 0) is 35.4 Å². The van der Waals surface area contributed by atoms with Crippen molar-refractivity contribution in [1.82, 2.24) is 5.32 Å². The summed E-state index contributed by atoms with van der Waals surface area (Å²) in [6.07, 6.45) is 0. The molecule has 0 aliphatic carbocycles. The fourth-order valence-electron chi connectivity index (χ4n) is 1.77. The molecule has 0 unspecified atom stereocenters. The molecule has 1 N–H and O–H groups in total. The average Bonchev–Trinajstić information content (AvgIpc) is 2.41. The first-order valence-electron chi connectivity index (χ1n) is 5.83. The van der Waals surface area contributed by atoms with Gasteiger partial charge in [-0.1, -0.05) is 29.8 Å². The van der Waals surface area contributed by atoms with Gasteiger partial charge in [0.15, 0.2) is 0 Å². The molecule has 0 saturated carbocycles. The molecule has 96 valence electrons. The number of nitriles is 1. The highest BCUT2D eigenvalue weighted by Gasteiger charge is 2.02. The Labute approximate surface area is 116 Å². The lowest BCUT2D eigenvalue weighted by molar-refractivity contribution is 0.621. The summed E-state index contributed by atoms with van der Waals surface area (Å²) in [5.41, 5.74) is 2.03. The molecule has 0 aliphatic rings. The van der Waals surface area contributed by atoms with E-state index < -0.39 is 5.82 Å². The number of hydrogen-bond acceptors (Lipinski definition) is 2. The van der Waals surface area contributed by atoms with Crippen LogP contribution in [0.5, 0.6) is 0 Å². The molecule has 2 aromatic carbocycles. The molecule has 0 radical (unpaired) electrons. The molecule has 0 bridgehead atoms. The van der Waals surface area contributed by atoms with Gasteiger partial charge in [-0.25, -0.2) is 4.39 Å². The molecule has 0 saturated heterocycles. The van der Waals surface area contributed by atoms with E-state index in [4.69, 9.17) is 16.9 Å². The summed E-state index contributed by atoms with van der Waals surface area (Å²) >= 11 is 5.89. The third-order valence-corrected chi connectivity index (χ3v) is 2.93. The van der Waals surface area contributed by atoms with E-state index in [-0.39, 0.29) is 5.56 Å². The zero-order valence-corrected chi connectivity index (χ0v) is 10.9. The summed E-state index contributed by atoms with van der Waals surface area (Å²) in [5.74, 6) is -0.485. The molecule has 2 rings (SSSR count). The van der Waals surface area contributed by atoms with E-state index in [0.717, 1.165) is 11.1 Å². The van der Waals surface area contributed by atoms with E-state index >= 15 is 0 Å². The molecule has 0 aliphatic heterocycles. The zero-order valence-electron chi connectivity index (χ0n) is 10.2. The fourth-order valence-corrected chi connectivity index (χ4v) is 1.98. The van der Waals surface area contributed by atoms with E-state index in [0.29, 0.717) is 18.1 Å². The van der Waals surface area contributed by atoms with Crippen LogP contribution in [-0.4, -0.2) is 0 Å². The predicted octanol–water partition coefficient (Wildman–Crippen LogP) is 3.64. The lowest BCUT2D eigenvalue weighted by Crippen LogP contribution is -2.12. The van der Waals surface area contributed by atoms with Crippen molar-refractivity contribution in [2.24, 2.45) is 0 Å². The highest BCUT2D eigenvalue weighted by molar-refractivity contribution is 6.30. The van der Waals surface area contributed by atoms with Crippen molar-refractivity contribution < 1.29 is 4.39 Å². The second-order valence-corrected chi connectivity index (χ2v) is 4.60. The van der Waals surface area contributed by atoms with Crippen LogP contribution < -0.4 is 5.32 Å². The topological polar surface area (TPSA) is 35.8 Å². The Bertz CT molecular complexity index is 620. The van der Waals surface area contributed by atoms with E-state index in [9.17, 15) is 4.39 Å². The van der Waals surface area contributed by atoms with Gasteiger partial charge in [0.05, 0.1) is 5.56 Å². The average molecular weight is 275 g/mol. The summed E-state index contributed by atoms with van der Waals surface area (Å²) in [4.78, 5) is 0. The SMILES string of the molecule is N#Cc1cc(CNCc2cccc(Cl)c2)ccc1F. The maximum Gasteiger partial charge on any atom is 0.140 e. The van der Waals surface area contributed by atoms with Gasteiger partial charge in [0.25, 0.3) is 0 Å². The molecule has 0 amide bonds. The Hall–Kier alpha value is -1.89. The number of nitrogens with one attached hydrogen (secondary N) is 1. The van der Waals surface area contributed by atoms with Crippen LogP contribution in [0.25, 0.3) is 0 Å². The molecule has 0 fully saturated rings. The minimum absolute atomic E-state index is 0.0713. The summed E-state index contributed by atoms with van der Waals surface area (Å²) in [6, 6.07) is 14.0. The van der Waals surface area contributed by atoms with E-state index in [1.54, 1.807) is 12.1 Å². The van der Waals surface area contributed by atoms with E-state index in [2.05, 4.69) is 5.32 Å². The predicted molar refractivity (Wildman–Crippen MR) is 73.1 cm³/mol. The maximum atomic E-state index is 13.1.